The second-order valence-electron chi connectivity index (χ2n) is 9.90. The molecule has 0 saturated carbocycles. The molecule has 1 N–H and O–H groups in total. The van der Waals surface area contributed by atoms with Gasteiger partial charge in [0, 0.05) is 23.7 Å². The van der Waals surface area contributed by atoms with Crippen molar-refractivity contribution in [3.8, 4) is 0 Å². The largest absolute Gasteiger partial charge is 0.507 e. The van der Waals surface area contributed by atoms with Crippen molar-refractivity contribution in [2.24, 2.45) is 0 Å². The lowest BCUT2D eigenvalue weighted by Crippen LogP contribution is -2.29. The first-order valence-corrected chi connectivity index (χ1v) is 13.9. The van der Waals surface area contributed by atoms with Gasteiger partial charge in [-0.3, -0.25) is 19.5 Å². The van der Waals surface area contributed by atoms with E-state index < -0.39 is 17.7 Å². The molecule has 0 radical (unpaired) electrons. The SMILES string of the molecule is CC(C)(C)c1ccc(C2/C(=C(\O)c3ccncc3)C(=O)C(=O)N2c2nnc(SCc3ccccc3)s2)cc1. The van der Waals surface area contributed by atoms with Crippen molar-refractivity contribution in [1.29, 1.82) is 0 Å². The van der Waals surface area contributed by atoms with E-state index >= 15 is 0 Å². The van der Waals surface area contributed by atoms with Crippen LogP contribution in [0, 0.1) is 0 Å². The zero-order chi connectivity index (χ0) is 26.9. The molecule has 0 spiro atoms. The molecule has 1 unspecified atom stereocenters. The zero-order valence-electron chi connectivity index (χ0n) is 21.2. The Bertz CT molecular complexity index is 1490. The fourth-order valence-electron chi connectivity index (χ4n) is 4.25. The average Bonchev–Trinajstić information content (AvgIpc) is 3.50. The van der Waals surface area contributed by atoms with Crippen LogP contribution in [0.1, 0.15) is 49.1 Å². The van der Waals surface area contributed by atoms with Crippen molar-refractivity contribution in [3.63, 3.8) is 0 Å². The Morgan fingerprint density at radius 1 is 0.974 bits per heavy atom. The highest BCUT2D eigenvalue weighted by Gasteiger charge is 2.48. The molecule has 1 aliphatic rings. The third-order valence-corrected chi connectivity index (χ3v) is 8.42. The molecule has 1 amide bonds. The maximum absolute atomic E-state index is 13.4. The number of aliphatic hydroxyl groups excluding tert-OH is 1. The van der Waals surface area contributed by atoms with E-state index in [2.05, 4.69) is 36.0 Å². The molecule has 3 heterocycles. The maximum Gasteiger partial charge on any atom is 0.301 e. The lowest BCUT2D eigenvalue weighted by Gasteiger charge is -2.24. The fraction of sp³-hybridized carbons (Fsp3) is 0.207. The summed E-state index contributed by atoms with van der Waals surface area (Å²) >= 11 is 2.76. The molecular formula is C29H26N4O3S2. The van der Waals surface area contributed by atoms with Gasteiger partial charge in [0.05, 0.1) is 11.6 Å². The smallest absolute Gasteiger partial charge is 0.301 e. The van der Waals surface area contributed by atoms with Gasteiger partial charge in [-0.25, -0.2) is 0 Å². The molecule has 9 heteroatoms. The molecule has 38 heavy (non-hydrogen) atoms. The van der Waals surface area contributed by atoms with Gasteiger partial charge in [-0.05, 0) is 34.2 Å². The van der Waals surface area contributed by atoms with Crippen LogP contribution in [0.15, 0.2) is 89.0 Å². The lowest BCUT2D eigenvalue weighted by atomic mass is 9.85. The molecule has 1 fully saturated rings. The summed E-state index contributed by atoms with van der Waals surface area (Å²) in [6, 6.07) is 20.1. The van der Waals surface area contributed by atoms with Gasteiger partial charge in [0.2, 0.25) is 5.13 Å². The van der Waals surface area contributed by atoms with Crippen molar-refractivity contribution in [2.45, 2.75) is 42.3 Å². The number of thioether (sulfide) groups is 1. The van der Waals surface area contributed by atoms with E-state index in [1.54, 1.807) is 12.1 Å². The summed E-state index contributed by atoms with van der Waals surface area (Å²) in [4.78, 5) is 32.1. The maximum atomic E-state index is 13.4. The average molecular weight is 543 g/mol. The van der Waals surface area contributed by atoms with E-state index in [1.807, 2.05) is 54.6 Å². The van der Waals surface area contributed by atoms with Crippen molar-refractivity contribution in [1.82, 2.24) is 15.2 Å². The van der Waals surface area contributed by atoms with Crippen molar-refractivity contribution in [2.75, 3.05) is 4.90 Å². The van der Waals surface area contributed by atoms with Gasteiger partial charge in [0.15, 0.2) is 4.34 Å². The monoisotopic (exact) mass is 542 g/mol. The van der Waals surface area contributed by atoms with Crippen LogP contribution in [0.2, 0.25) is 0 Å². The number of pyridine rings is 1. The van der Waals surface area contributed by atoms with Crippen LogP contribution in [-0.4, -0.2) is 32.0 Å². The third kappa shape index (κ3) is 5.12. The second kappa shape index (κ2) is 10.5. The minimum absolute atomic E-state index is 0.0124. The summed E-state index contributed by atoms with van der Waals surface area (Å²) in [6.45, 7) is 6.36. The second-order valence-corrected chi connectivity index (χ2v) is 12.1. The summed E-state index contributed by atoms with van der Waals surface area (Å²) in [5.74, 6) is -1.06. The summed E-state index contributed by atoms with van der Waals surface area (Å²) in [7, 11) is 0. The quantitative estimate of drug-likeness (QED) is 0.103. The Morgan fingerprint density at radius 2 is 1.66 bits per heavy atom. The molecule has 0 aliphatic carbocycles. The summed E-state index contributed by atoms with van der Waals surface area (Å²) in [5.41, 5.74) is 3.31. The molecule has 7 nitrogen and oxygen atoms in total. The Balaban J connectivity index is 1.56. The van der Waals surface area contributed by atoms with E-state index in [0.717, 1.165) is 11.1 Å². The number of carbonyl (C=O) groups is 2. The Hall–Kier alpha value is -3.82. The molecule has 5 rings (SSSR count). The Kier molecular flexibility index (Phi) is 7.14. The number of anilines is 1. The Morgan fingerprint density at radius 3 is 2.32 bits per heavy atom. The van der Waals surface area contributed by atoms with Gasteiger partial charge < -0.3 is 5.11 Å². The van der Waals surface area contributed by atoms with E-state index in [0.29, 0.717) is 26.4 Å². The highest BCUT2D eigenvalue weighted by atomic mass is 32.2. The number of benzene rings is 2. The number of hydrogen-bond donors (Lipinski definition) is 1. The van der Waals surface area contributed by atoms with Crippen LogP contribution in [0.4, 0.5) is 5.13 Å². The predicted octanol–water partition coefficient (Wildman–Crippen LogP) is 6.15. The first-order chi connectivity index (χ1) is 18.2. The molecule has 1 atom stereocenters. The van der Waals surface area contributed by atoms with Gasteiger partial charge in [-0.1, -0.05) is 98.5 Å². The molecule has 1 aliphatic heterocycles. The minimum atomic E-state index is -0.850. The van der Waals surface area contributed by atoms with E-state index in [1.165, 1.54) is 40.4 Å². The van der Waals surface area contributed by atoms with Crippen molar-refractivity contribution >= 4 is 45.7 Å². The van der Waals surface area contributed by atoms with Crippen LogP contribution in [-0.2, 0) is 20.8 Å². The molecule has 0 bridgehead atoms. The molecule has 192 valence electrons. The highest BCUT2D eigenvalue weighted by molar-refractivity contribution is 8.00. The van der Waals surface area contributed by atoms with Gasteiger partial charge in [-0.15, -0.1) is 10.2 Å². The van der Waals surface area contributed by atoms with Crippen LogP contribution in [0.25, 0.3) is 5.76 Å². The van der Waals surface area contributed by atoms with Crippen molar-refractivity contribution in [3.05, 3.63) is 107 Å². The van der Waals surface area contributed by atoms with E-state index in [9.17, 15) is 14.7 Å². The number of carbonyl (C=O) groups excluding carboxylic acids is 2. The Labute approximate surface area is 229 Å². The van der Waals surface area contributed by atoms with E-state index in [-0.39, 0.29) is 16.7 Å². The number of amides is 1. The molecule has 4 aromatic rings. The molecule has 2 aromatic heterocycles. The third-order valence-electron chi connectivity index (χ3n) is 6.30. The van der Waals surface area contributed by atoms with Crippen LogP contribution in [0.3, 0.4) is 0 Å². The molecule has 2 aromatic carbocycles. The standard InChI is InChI=1S/C29H26N4O3S2/c1-29(2,3)21-11-9-19(10-12-21)23-22(24(34)20-13-15-30-16-14-20)25(35)26(36)33(23)27-31-32-28(38-27)37-17-18-7-5-4-6-8-18/h4-16,23,34H,17H2,1-3H3/b24-22+. The summed E-state index contributed by atoms with van der Waals surface area (Å²) in [5, 5.41) is 20.1. The highest BCUT2D eigenvalue weighted by Crippen LogP contribution is 2.44. The van der Waals surface area contributed by atoms with Crippen LogP contribution in [0.5, 0.6) is 0 Å². The number of nitrogens with zero attached hydrogens (tertiary/aromatic N) is 4. The fourth-order valence-corrected chi connectivity index (χ4v) is 6.08. The topological polar surface area (TPSA) is 96.3 Å². The number of aliphatic hydroxyl groups is 1. The zero-order valence-corrected chi connectivity index (χ0v) is 22.8. The normalized spacial score (nSPS) is 17.2. The van der Waals surface area contributed by atoms with Gasteiger partial charge in [0.25, 0.3) is 5.78 Å². The number of aromatic nitrogens is 3. The first kappa shape index (κ1) is 25.8. The van der Waals surface area contributed by atoms with Gasteiger partial charge in [-0.2, -0.15) is 0 Å². The lowest BCUT2D eigenvalue weighted by molar-refractivity contribution is -0.132. The molecule has 1 saturated heterocycles. The number of ketones is 1. The number of hydrogen-bond acceptors (Lipinski definition) is 8. The van der Waals surface area contributed by atoms with Crippen molar-refractivity contribution < 1.29 is 14.7 Å². The van der Waals surface area contributed by atoms with E-state index in [4.69, 9.17) is 0 Å². The van der Waals surface area contributed by atoms with Gasteiger partial charge >= 0.3 is 5.91 Å². The minimum Gasteiger partial charge on any atom is -0.507 e. The summed E-state index contributed by atoms with van der Waals surface area (Å²) < 4.78 is 0.682. The first-order valence-electron chi connectivity index (χ1n) is 12.1. The predicted molar refractivity (Wildman–Crippen MR) is 150 cm³/mol. The number of Topliss-reactive ketones (excluding diaryl/α,β-unsaturated/α-hetero) is 1. The molecular weight excluding hydrogens is 516 g/mol. The van der Waals surface area contributed by atoms with Crippen LogP contribution >= 0.6 is 23.1 Å². The van der Waals surface area contributed by atoms with Crippen LogP contribution < -0.4 is 4.90 Å². The number of rotatable bonds is 6. The summed E-state index contributed by atoms with van der Waals surface area (Å²) in [6.07, 6.45) is 3.05. The van der Waals surface area contributed by atoms with Gasteiger partial charge in [0.1, 0.15) is 5.76 Å².